The van der Waals surface area contributed by atoms with Gasteiger partial charge in [0.1, 0.15) is 24.0 Å². The topological polar surface area (TPSA) is 95.9 Å². The number of nitrogens with zero attached hydrogens (tertiary/aromatic N) is 1. The van der Waals surface area contributed by atoms with E-state index in [0.29, 0.717) is 28.3 Å². The molecule has 0 unspecified atom stereocenters. The standard InChI is InChI=1S/C22H22Cl2N2O5/c1-3-19(28)13-4-7-16(8-5-13)31-12-15(27)11-26-20(29)22(2,25-21(26)30)17-9-6-14(23)10-18(17)24/h4-10,15,27H,3,11-12H2,1-2H3,(H,25,30)/t15-,22+/m1/s1. The van der Waals surface area contributed by atoms with E-state index in [4.69, 9.17) is 27.9 Å². The van der Waals surface area contributed by atoms with Gasteiger partial charge in [0.15, 0.2) is 5.78 Å². The molecule has 1 fully saturated rings. The Kier molecular flexibility index (Phi) is 6.89. The highest BCUT2D eigenvalue weighted by atomic mass is 35.5. The molecule has 0 spiro atoms. The second-order valence-corrected chi connectivity index (χ2v) is 8.20. The smallest absolute Gasteiger partial charge is 0.325 e. The van der Waals surface area contributed by atoms with Gasteiger partial charge in [-0.3, -0.25) is 14.5 Å². The number of Topliss-reactive ketones (excluding diaryl/α,β-unsaturated/α-hetero) is 1. The van der Waals surface area contributed by atoms with Gasteiger partial charge in [-0.1, -0.05) is 36.2 Å². The molecule has 3 amide bonds. The molecular formula is C22H22Cl2N2O5. The minimum Gasteiger partial charge on any atom is -0.491 e. The van der Waals surface area contributed by atoms with Gasteiger partial charge in [-0.05, 0) is 43.3 Å². The number of aliphatic hydroxyl groups is 1. The second-order valence-electron chi connectivity index (χ2n) is 7.36. The van der Waals surface area contributed by atoms with E-state index in [0.717, 1.165) is 4.90 Å². The Morgan fingerprint density at radius 3 is 2.48 bits per heavy atom. The van der Waals surface area contributed by atoms with Crippen molar-refractivity contribution < 1.29 is 24.2 Å². The molecule has 0 aliphatic carbocycles. The minimum absolute atomic E-state index is 0.0222. The number of carbonyl (C=O) groups is 3. The summed E-state index contributed by atoms with van der Waals surface area (Å²) < 4.78 is 5.52. The fourth-order valence-corrected chi connectivity index (χ4v) is 3.93. The van der Waals surface area contributed by atoms with Gasteiger partial charge < -0.3 is 15.2 Å². The predicted molar refractivity (Wildman–Crippen MR) is 117 cm³/mol. The van der Waals surface area contributed by atoms with Crippen molar-refractivity contribution in [1.29, 1.82) is 0 Å². The summed E-state index contributed by atoms with van der Waals surface area (Å²) in [6, 6.07) is 10.6. The number of carbonyl (C=O) groups excluding carboxylic acids is 3. The molecule has 2 aromatic carbocycles. The molecule has 9 heteroatoms. The Bertz CT molecular complexity index is 1010. The molecule has 164 valence electrons. The van der Waals surface area contributed by atoms with Crippen LogP contribution in [0.4, 0.5) is 4.79 Å². The van der Waals surface area contributed by atoms with Crippen molar-refractivity contribution in [2.24, 2.45) is 0 Å². The van der Waals surface area contributed by atoms with E-state index in [1.807, 2.05) is 0 Å². The fourth-order valence-electron chi connectivity index (χ4n) is 3.34. The lowest BCUT2D eigenvalue weighted by Gasteiger charge is -2.24. The number of urea groups is 1. The number of ketones is 1. The molecule has 7 nitrogen and oxygen atoms in total. The van der Waals surface area contributed by atoms with Gasteiger partial charge in [0, 0.05) is 27.6 Å². The highest BCUT2D eigenvalue weighted by Gasteiger charge is 2.50. The maximum atomic E-state index is 13.0. The normalized spacial score (nSPS) is 19.3. The van der Waals surface area contributed by atoms with Crippen LogP contribution in [0.1, 0.15) is 36.2 Å². The van der Waals surface area contributed by atoms with Gasteiger partial charge in [0.2, 0.25) is 0 Å². The SMILES string of the molecule is CCC(=O)c1ccc(OC[C@H](O)CN2C(=O)N[C@@](C)(c3ccc(Cl)cc3Cl)C2=O)cc1. The van der Waals surface area contributed by atoms with Crippen LogP contribution >= 0.6 is 23.2 Å². The minimum atomic E-state index is -1.37. The number of hydrogen-bond donors (Lipinski definition) is 2. The summed E-state index contributed by atoms with van der Waals surface area (Å²) >= 11 is 12.1. The van der Waals surface area contributed by atoms with Crippen molar-refractivity contribution in [2.45, 2.75) is 31.9 Å². The molecule has 1 saturated heterocycles. The van der Waals surface area contributed by atoms with Gasteiger partial charge >= 0.3 is 6.03 Å². The van der Waals surface area contributed by atoms with Crippen LogP contribution in [0.3, 0.4) is 0 Å². The van der Waals surface area contributed by atoms with E-state index >= 15 is 0 Å². The first-order valence-electron chi connectivity index (χ1n) is 9.69. The highest BCUT2D eigenvalue weighted by Crippen LogP contribution is 2.35. The summed E-state index contributed by atoms with van der Waals surface area (Å²) in [5.41, 5.74) is -0.386. The number of ether oxygens (including phenoxy) is 1. The molecule has 1 aliphatic heterocycles. The van der Waals surface area contributed by atoms with Crippen LogP contribution in [0, 0.1) is 0 Å². The van der Waals surface area contributed by atoms with Crippen molar-refractivity contribution in [3.63, 3.8) is 0 Å². The summed E-state index contributed by atoms with van der Waals surface area (Å²) in [5, 5.41) is 13.6. The quantitative estimate of drug-likeness (QED) is 0.457. The number of rotatable bonds is 8. The number of β-amino-alcohol motifs (C(OH)–C–C–N with tert-alkyl or cyclic N) is 1. The molecule has 1 heterocycles. The number of halogens is 2. The van der Waals surface area contributed by atoms with Crippen molar-refractivity contribution in [2.75, 3.05) is 13.2 Å². The molecule has 0 radical (unpaired) electrons. The number of nitrogens with one attached hydrogen (secondary N) is 1. The first-order chi connectivity index (χ1) is 14.7. The molecule has 0 bridgehead atoms. The van der Waals surface area contributed by atoms with Crippen LogP contribution in [-0.2, 0) is 10.3 Å². The van der Waals surface area contributed by atoms with Gasteiger partial charge in [-0.15, -0.1) is 0 Å². The van der Waals surface area contributed by atoms with E-state index in [9.17, 15) is 19.5 Å². The highest BCUT2D eigenvalue weighted by molar-refractivity contribution is 6.35. The monoisotopic (exact) mass is 464 g/mol. The molecule has 2 aromatic rings. The summed E-state index contributed by atoms with van der Waals surface area (Å²) in [7, 11) is 0. The van der Waals surface area contributed by atoms with Crippen LogP contribution in [0.2, 0.25) is 10.0 Å². The maximum Gasteiger partial charge on any atom is 0.325 e. The Hall–Kier alpha value is -2.61. The van der Waals surface area contributed by atoms with Gasteiger partial charge in [-0.25, -0.2) is 4.79 Å². The van der Waals surface area contributed by atoms with E-state index < -0.39 is 23.6 Å². The molecule has 0 saturated carbocycles. The van der Waals surface area contributed by atoms with E-state index in [2.05, 4.69) is 5.32 Å². The third-order valence-electron chi connectivity index (χ3n) is 5.08. The molecule has 0 aromatic heterocycles. The third-order valence-corrected chi connectivity index (χ3v) is 5.63. The summed E-state index contributed by atoms with van der Waals surface area (Å²) in [5.74, 6) is -0.0566. The summed E-state index contributed by atoms with van der Waals surface area (Å²) in [6.45, 7) is 2.93. The zero-order valence-electron chi connectivity index (χ0n) is 17.0. The van der Waals surface area contributed by atoms with Crippen LogP contribution in [0.15, 0.2) is 42.5 Å². The van der Waals surface area contributed by atoms with E-state index in [1.165, 1.54) is 6.07 Å². The Labute approximate surface area is 189 Å². The first-order valence-corrected chi connectivity index (χ1v) is 10.4. The van der Waals surface area contributed by atoms with Crippen LogP contribution in [0.5, 0.6) is 5.75 Å². The molecule has 1 aliphatic rings. The first kappa shape index (κ1) is 23.1. The van der Waals surface area contributed by atoms with Crippen LogP contribution in [-0.4, -0.2) is 47.0 Å². The lowest BCUT2D eigenvalue weighted by molar-refractivity contribution is -0.132. The average molecular weight is 465 g/mol. The molecule has 31 heavy (non-hydrogen) atoms. The Morgan fingerprint density at radius 2 is 1.87 bits per heavy atom. The summed E-state index contributed by atoms with van der Waals surface area (Å²) in [6.07, 6.45) is -0.708. The largest absolute Gasteiger partial charge is 0.491 e. The zero-order valence-corrected chi connectivity index (χ0v) is 18.5. The van der Waals surface area contributed by atoms with Gasteiger partial charge in [0.25, 0.3) is 5.91 Å². The maximum absolute atomic E-state index is 13.0. The molecular weight excluding hydrogens is 443 g/mol. The fraction of sp³-hybridized carbons (Fsp3) is 0.318. The number of aliphatic hydroxyl groups excluding tert-OH is 1. The van der Waals surface area contributed by atoms with Crippen LogP contribution in [0.25, 0.3) is 0 Å². The van der Waals surface area contributed by atoms with Gasteiger partial charge in [0.05, 0.1) is 6.54 Å². The van der Waals surface area contributed by atoms with E-state index in [1.54, 1.807) is 50.2 Å². The number of imide groups is 1. The van der Waals surface area contributed by atoms with E-state index in [-0.39, 0.29) is 24.0 Å². The third kappa shape index (κ3) is 4.84. The van der Waals surface area contributed by atoms with Crippen molar-refractivity contribution >= 4 is 40.9 Å². The predicted octanol–water partition coefficient (Wildman–Crippen LogP) is 3.79. The average Bonchev–Trinajstić information content (AvgIpc) is 2.95. The zero-order chi connectivity index (χ0) is 22.8. The number of hydrogen-bond acceptors (Lipinski definition) is 5. The van der Waals surface area contributed by atoms with Crippen LogP contribution < -0.4 is 10.1 Å². The van der Waals surface area contributed by atoms with Gasteiger partial charge in [-0.2, -0.15) is 0 Å². The van der Waals surface area contributed by atoms with Crippen molar-refractivity contribution in [1.82, 2.24) is 10.2 Å². The molecule has 3 rings (SSSR count). The second kappa shape index (κ2) is 9.26. The Balaban J connectivity index is 1.63. The van der Waals surface area contributed by atoms with Crippen molar-refractivity contribution in [3.8, 4) is 5.75 Å². The summed E-state index contributed by atoms with van der Waals surface area (Å²) in [4.78, 5) is 38.0. The number of benzene rings is 2. The number of amides is 3. The Morgan fingerprint density at radius 1 is 1.19 bits per heavy atom. The van der Waals surface area contributed by atoms with Crippen molar-refractivity contribution in [3.05, 3.63) is 63.6 Å². The molecule has 2 atom stereocenters. The lowest BCUT2D eigenvalue weighted by Crippen LogP contribution is -2.43. The lowest BCUT2D eigenvalue weighted by atomic mass is 9.92. The molecule has 2 N–H and O–H groups in total.